The fraction of sp³-hybridized carbons (Fsp3) is 0.917. The van der Waals surface area contributed by atoms with Crippen LogP contribution in [0.5, 0.6) is 0 Å². The van der Waals surface area contributed by atoms with E-state index in [0.717, 1.165) is 25.9 Å². The molecule has 0 radical (unpaired) electrons. The van der Waals surface area contributed by atoms with Crippen molar-refractivity contribution in [3.8, 4) is 0 Å². The van der Waals surface area contributed by atoms with Crippen molar-refractivity contribution in [1.29, 1.82) is 0 Å². The molecule has 1 N–H and O–H groups in total. The van der Waals surface area contributed by atoms with Gasteiger partial charge < -0.3 is 10.1 Å². The molecule has 88 valence electrons. The quantitative estimate of drug-likeness (QED) is 0.759. The van der Waals surface area contributed by atoms with Crippen LogP contribution < -0.4 is 5.32 Å². The summed E-state index contributed by atoms with van der Waals surface area (Å²) < 4.78 is 5.48. The number of nitrogens with one attached hydrogen (secondary N) is 1. The summed E-state index contributed by atoms with van der Waals surface area (Å²) in [6.07, 6.45) is 4.06. The Hall–Kier alpha value is -0.570. The van der Waals surface area contributed by atoms with Gasteiger partial charge in [0.15, 0.2) is 0 Å². The van der Waals surface area contributed by atoms with Crippen LogP contribution in [0.2, 0.25) is 0 Å². The largest absolute Gasteiger partial charge is 0.378 e. The second-order valence-corrected chi connectivity index (χ2v) is 4.77. The maximum absolute atomic E-state index is 11.5. The first kappa shape index (κ1) is 12.5. The first-order valence-electron chi connectivity index (χ1n) is 6.00. The highest BCUT2D eigenvalue weighted by molar-refractivity contribution is 5.76. The van der Waals surface area contributed by atoms with E-state index in [2.05, 4.69) is 26.1 Å². The topological polar surface area (TPSA) is 38.3 Å². The van der Waals surface area contributed by atoms with Crippen molar-refractivity contribution < 1.29 is 9.53 Å². The van der Waals surface area contributed by atoms with Crippen LogP contribution in [-0.4, -0.2) is 24.7 Å². The summed E-state index contributed by atoms with van der Waals surface area (Å²) in [4.78, 5) is 11.5. The number of carbonyl (C=O) groups excluding carboxylic acids is 1. The van der Waals surface area contributed by atoms with Crippen molar-refractivity contribution in [1.82, 2.24) is 5.32 Å². The number of hydrogen-bond donors (Lipinski definition) is 1. The molecule has 0 unspecified atom stereocenters. The second kappa shape index (κ2) is 6.11. The van der Waals surface area contributed by atoms with E-state index in [1.165, 1.54) is 0 Å². The molecule has 3 nitrogen and oxygen atoms in total. The highest BCUT2D eigenvalue weighted by Crippen LogP contribution is 2.16. The lowest BCUT2D eigenvalue weighted by Crippen LogP contribution is -2.36. The molecule has 0 aromatic heterocycles. The Morgan fingerprint density at radius 1 is 1.47 bits per heavy atom. The van der Waals surface area contributed by atoms with Crippen LogP contribution in [0.3, 0.4) is 0 Å². The Kier molecular flexibility index (Phi) is 5.09. The minimum absolute atomic E-state index is 0.159. The zero-order chi connectivity index (χ0) is 11.3. The SMILES string of the molecule is CC(C)[C@@H](C)NC(=O)CC[C@H]1CCCO1. The first-order valence-corrected chi connectivity index (χ1v) is 6.00. The van der Waals surface area contributed by atoms with Crippen molar-refractivity contribution in [2.75, 3.05) is 6.61 Å². The molecule has 1 fully saturated rings. The molecule has 0 aromatic rings. The van der Waals surface area contributed by atoms with Crippen LogP contribution in [0.25, 0.3) is 0 Å². The van der Waals surface area contributed by atoms with E-state index in [0.29, 0.717) is 18.4 Å². The van der Waals surface area contributed by atoms with E-state index in [4.69, 9.17) is 4.74 Å². The fourth-order valence-electron chi connectivity index (χ4n) is 1.66. The molecule has 2 atom stereocenters. The molecular formula is C12H23NO2. The number of ether oxygens (including phenoxy) is 1. The molecule has 0 spiro atoms. The molecular weight excluding hydrogens is 190 g/mol. The Morgan fingerprint density at radius 2 is 2.20 bits per heavy atom. The lowest BCUT2D eigenvalue weighted by Gasteiger charge is -2.18. The molecule has 0 aliphatic carbocycles. The Labute approximate surface area is 92.6 Å². The predicted octanol–water partition coefficient (Wildman–Crippen LogP) is 2.11. The van der Waals surface area contributed by atoms with Crippen molar-refractivity contribution in [2.45, 2.75) is 58.6 Å². The van der Waals surface area contributed by atoms with Crippen molar-refractivity contribution in [3.63, 3.8) is 0 Å². The Bertz CT molecular complexity index is 198. The molecule has 1 saturated heterocycles. The average Bonchev–Trinajstić information content (AvgIpc) is 2.66. The van der Waals surface area contributed by atoms with Crippen LogP contribution in [0.1, 0.15) is 46.5 Å². The van der Waals surface area contributed by atoms with Gasteiger partial charge >= 0.3 is 0 Å². The molecule has 1 heterocycles. The van der Waals surface area contributed by atoms with Crippen molar-refractivity contribution in [3.05, 3.63) is 0 Å². The van der Waals surface area contributed by atoms with Crippen molar-refractivity contribution >= 4 is 5.91 Å². The molecule has 0 saturated carbocycles. The Balaban J connectivity index is 2.12. The average molecular weight is 213 g/mol. The third-order valence-electron chi connectivity index (χ3n) is 3.11. The minimum Gasteiger partial charge on any atom is -0.378 e. The molecule has 1 aliphatic heterocycles. The lowest BCUT2D eigenvalue weighted by molar-refractivity contribution is -0.122. The summed E-state index contributed by atoms with van der Waals surface area (Å²) in [5.41, 5.74) is 0. The fourth-order valence-corrected chi connectivity index (χ4v) is 1.66. The number of rotatable bonds is 5. The van der Waals surface area contributed by atoms with Crippen LogP contribution in [0.4, 0.5) is 0 Å². The van der Waals surface area contributed by atoms with Crippen molar-refractivity contribution in [2.24, 2.45) is 5.92 Å². The monoisotopic (exact) mass is 213 g/mol. The van der Waals surface area contributed by atoms with Gasteiger partial charge in [0.05, 0.1) is 6.10 Å². The lowest BCUT2D eigenvalue weighted by atomic mass is 10.1. The third kappa shape index (κ3) is 4.65. The summed E-state index contributed by atoms with van der Waals surface area (Å²) in [6.45, 7) is 7.15. The zero-order valence-corrected chi connectivity index (χ0v) is 10.1. The molecule has 1 aliphatic rings. The zero-order valence-electron chi connectivity index (χ0n) is 10.1. The van der Waals surface area contributed by atoms with Gasteiger partial charge in [-0.3, -0.25) is 4.79 Å². The minimum atomic E-state index is 0.159. The molecule has 3 heteroatoms. The van der Waals surface area contributed by atoms with E-state index in [1.54, 1.807) is 0 Å². The molecule has 1 amide bonds. The summed E-state index contributed by atoms with van der Waals surface area (Å²) >= 11 is 0. The van der Waals surface area contributed by atoms with Gasteiger partial charge in [0.25, 0.3) is 0 Å². The molecule has 1 rings (SSSR count). The summed E-state index contributed by atoms with van der Waals surface area (Å²) in [5, 5.41) is 3.01. The van der Waals surface area contributed by atoms with Crippen LogP contribution >= 0.6 is 0 Å². The standard InChI is InChI=1S/C12H23NO2/c1-9(2)10(3)13-12(14)7-6-11-5-4-8-15-11/h9-11H,4-8H2,1-3H3,(H,13,14)/t10-,11-/m1/s1. The van der Waals surface area contributed by atoms with Crippen LogP contribution in [0.15, 0.2) is 0 Å². The van der Waals surface area contributed by atoms with Crippen LogP contribution in [-0.2, 0) is 9.53 Å². The summed E-state index contributed by atoms with van der Waals surface area (Å²) in [7, 11) is 0. The maximum atomic E-state index is 11.5. The van der Waals surface area contributed by atoms with Crippen LogP contribution in [0, 0.1) is 5.92 Å². The van der Waals surface area contributed by atoms with Gasteiger partial charge in [0.2, 0.25) is 5.91 Å². The van der Waals surface area contributed by atoms with E-state index in [9.17, 15) is 4.79 Å². The van der Waals surface area contributed by atoms with E-state index < -0.39 is 0 Å². The third-order valence-corrected chi connectivity index (χ3v) is 3.11. The van der Waals surface area contributed by atoms with E-state index in [1.807, 2.05) is 0 Å². The van der Waals surface area contributed by atoms with Gasteiger partial charge in [-0.15, -0.1) is 0 Å². The van der Waals surface area contributed by atoms with E-state index >= 15 is 0 Å². The molecule has 0 bridgehead atoms. The number of amides is 1. The maximum Gasteiger partial charge on any atom is 0.220 e. The van der Waals surface area contributed by atoms with Gasteiger partial charge in [-0.1, -0.05) is 13.8 Å². The first-order chi connectivity index (χ1) is 7.09. The molecule has 0 aromatic carbocycles. The summed E-state index contributed by atoms with van der Waals surface area (Å²) in [5.74, 6) is 0.656. The Morgan fingerprint density at radius 3 is 2.73 bits per heavy atom. The van der Waals surface area contributed by atoms with Gasteiger partial charge in [-0.05, 0) is 32.1 Å². The highest BCUT2D eigenvalue weighted by atomic mass is 16.5. The van der Waals surface area contributed by atoms with Gasteiger partial charge in [0, 0.05) is 19.1 Å². The number of hydrogen-bond acceptors (Lipinski definition) is 2. The summed E-state index contributed by atoms with van der Waals surface area (Å²) in [6, 6.07) is 0.266. The van der Waals surface area contributed by atoms with E-state index in [-0.39, 0.29) is 11.9 Å². The number of carbonyl (C=O) groups is 1. The smallest absolute Gasteiger partial charge is 0.220 e. The second-order valence-electron chi connectivity index (χ2n) is 4.77. The van der Waals surface area contributed by atoms with Gasteiger partial charge in [-0.2, -0.15) is 0 Å². The molecule has 15 heavy (non-hydrogen) atoms. The predicted molar refractivity (Wildman–Crippen MR) is 60.7 cm³/mol. The normalized spacial score (nSPS) is 23.1. The highest BCUT2D eigenvalue weighted by Gasteiger charge is 2.17. The van der Waals surface area contributed by atoms with Gasteiger partial charge in [-0.25, -0.2) is 0 Å². The van der Waals surface area contributed by atoms with Gasteiger partial charge in [0.1, 0.15) is 0 Å².